The van der Waals surface area contributed by atoms with E-state index in [1.54, 1.807) is 0 Å². The van der Waals surface area contributed by atoms with Gasteiger partial charge in [-0.05, 0) is 48.9 Å². The molecule has 1 fully saturated rings. The first kappa shape index (κ1) is 11.1. The van der Waals surface area contributed by atoms with Crippen LogP contribution < -0.4 is 0 Å². The average molecular weight is 182 g/mol. The molecule has 2 unspecified atom stereocenters. The highest BCUT2D eigenvalue weighted by Gasteiger charge is 2.29. The molecule has 0 aromatic heterocycles. The molecule has 0 N–H and O–H groups in total. The number of hydrogen-bond donors (Lipinski definition) is 0. The summed E-state index contributed by atoms with van der Waals surface area (Å²) in [5.41, 5.74) is 0. The van der Waals surface area contributed by atoms with Crippen LogP contribution in [0.25, 0.3) is 0 Å². The lowest BCUT2D eigenvalue weighted by Gasteiger charge is -2.38. The minimum absolute atomic E-state index is 0.887. The molecular formula is C13H26. The number of rotatable bonds is 2. The van der Waals surface area contributed by atoms with Gasteiger partial charge in [0.05, 0.1) is 0 Å². The van der Waals surface area contributed by atoms with Crippen molar-refractivity contribution in [2.24, 2.45) is 29.6 Å². The zero-order valence-electron chi connectivity index (χ0n) is 10.0. The molecule has 0 amide bonds. The van der Waals surface area contributed by atoms with Crippen molar-refractivity contribution in [3.8, 4) is 0 Å². The lowest BCUT2D eigenvalue weighted by Crippen LogP contribution is -2.28. The quantitative estimate of drug-likeness (QED) is 0.595. The van der Waals surface area contributed by atoms with E-state index in [-0.39, 0.29) is 0 Å². The Bertz CT molecular complexity index is 136. The Hall–Kier alpha value is 0. The Morgan fingerprint density at radius 1 is 1.00 bits per heavy atom. The summed E-state index contributed by atoms with van der Waals surface area (Å²) in [4.78, 5) is 0. The van der Waals surface area contributed by atoms with Crippen LogP contribution in [0.1, 0.15) is 53.9 Å². The predicted molar refractivity (Wildman–Crippen MR) is 59.7 cm³/mol. The fraction of sp³-hybridized carbons (Fsp3) is 1.00. The number of hydrogen-bond acceptors (Lipinski definition) is 0. The van der Waals surface area contributed by atoms with E-state index in [0.717, 1.165) is 29.6 Å². The van der Waals surface area contributed by atoms with Crippen molar-refractivity contribution >= 4 is 0 Å². The molecule has 1 aliphatic rings. The summed E-state index contributed by atoms with van der Waals surface area (Å²) in [5, 5.41) is 0. The molecule has 0 bridgehead atoms. The maximum atomic E-state index is 2.44. The first-order chi connectivity index (χ1) is 6.00. The molecule has 0 aromatic carbocycles. The Balaban J connectivity index is 2.44. The Labute approximate surface area is 84.1 Å². The average Bonchev–Trinajstić information content (AvgIpc) is 1.98. The highest BCUT2D eigenvalue weighted by Crippen LogP contribution is 2.39. The van der Waals surface area contributed by atoms with Gasteiger partial charge in [0.1, 0.15) is 0 Å². The minimum Gasteiger partial charge on any atom is -0.0628 e. The molecule has 1 aliphatic carbocycles. The van der Waals surface area contributed by atoms with E-state index in [0.29, 0.717) is 0 Å². The Kier molecular flexibility index (Phi) is 3.82. The summed E-state index contributed by atoms with van der Waals surface area (Å²) < 4.78 is 0. The summed E-state index contributed by atoms with van der Waals surface area (Å²) in [5.74, 6) is 4.75. The minimum atomic E-state index is 0.887. The first-order valence-electron chi connectivity index (χ1n) is 6.00. The van der Waals surface area contributed by atoms with Crippen LogP contribution in [0.2, 0.25) is 0 Å². The maximum Gasteiger partial charge on any atom is -0.0391 e. The van der Waals surface area contributed by atoms with E-state index < -0.39 is 0 Å². The molecular weight excluding hydrogens is 156 g/mol. The highest BCUT2D eigenvalue weighted by atomic mass is 14.4. The van der Waals surface area contributed by atoms with Crippen LogP contribution in [-0.2, 0) is 0 Å². The predicted octanol–water partition coefficient (Wildman–Crippen LogP) is 4.35. The third-order valence-electron chi connectivity index (χ3n) is 4.01. The van der Waals surface area contributed by atoms with Crippen molar-refractivity contribution in [1.29, 1.82) is 0 Å². The van der Waals surface area contributed by atoms with Gasteiger partial charge in [0.15, 0.2) is 0 Å². The molecule has 0 aromatic rings. The van der Waals surface area contributed by atoms with Gasteiger partial charge in [0.25, 0.3) is 0 Å². The van der Waals surface area contributed by atoms with Crippen LogP contribution in [0, 0.1) is 29.6 Å². The van der Waals surface area contributed by atoms with Gasteiger partial charge in [0.2, 0.25) is 0 Å². The van der Waals surface area contributed by atoms with E-state index in [2.05, 4.69) is 34.6 Å². The van der Waals surface area contributed by atoms with E-state index in [1.807, 2.05) is 0 Å². The molecule has 0 aliphatic heterocycles. The fourth-order valence-corrected chi connectivity index (χ4v) is 3.00. The lowest BCUT2D eigenvalue weighted by atomic mass is 9.68. The standard InChI is InChI=1S/C13H26/c1-9(2)6-13-7-10(3)12(5)11(4)8-13/h9-13H,6-8H2,1-5H3. The normalized spacial score (nSPS) is 41.1. The topological polar surface area (TPSA) is 0 Å². The van der Waals surface area contributed by atoms with E-state index >= 15 is 0 Å². The van der Waals surface area contributed by atoms with Crippen molar-refractivity contribution in [2.75, 3.05) is 0 Å². The van der Waals surface area contributed by atoms with E-state index in [4.69, 9.17) is 0 Å². The van der Waals surface area contributed by atoms with Crippen LogP contribution in [-0.4, -0.2) is 0 Å². The SMILES string of the molecule is CC(C)CC1CC(C)C(C)C(C)C1. The largest absolute Gasteiger partial charge is 0.0628 e. The van der Waals surface area contributed by atoms with Gasteiger partial charge in [-0.15, -0.1) is 0 Å². The second-order valence-electron chi connectivity index (χ2n) is 5.78. The third kappa shape index (κ3) is 3.00. The molecule has 0 heterocycles. The Morgan fingerprint density at radius 2 is 1.46 bits per heavy atom. The summed E-state index contributed by atoms with van der Waals surface area (Å²) in [6, 6.07) is 0. The van der Waals surface area contributed by atoms with Crippen molar-refractivity contribution in [2.45, 2.75) is 53.9 Å². The summed E-state index contributed by atoms with van der Waals surface area (Å²) in [6.45, 7) is 12.0. The summed E-state index contributed by atoms with van der Waals surface area (Å²) >= 11 is 0. The van der Waals surface area contributed by atoms with E-state index in [9.17, 15) is 0 Å². The van der Waals surface area contributed by atoms with Gasteiger partial charge < -0.3 is 0 Å². The molecule has 2 atom stereocenters. The van der Waals surface area contributed by atoms with Crippen LogP contribution in [0.15, 0.2) is 0 Å². The highest BCUT2D eigenvalue weighted by molar-refractivity contribution is 4.80. The maximum absolute atomic E-state index is 2.44. The van der Waals surface area contributed by atoms with Gasteiger partial charge in [-0.1, -0.05) is 34.6 Å². The summed E-state index contributed by atoms with van der Waals surface area (Å²) in [7, 11) is 0. The fourth-order valence-electron chi connectivity index (χ4n) is 3.00. The zero-order chi connectivity index (χ0) is 10.0. The van der Waals surface area contributed by atoms with Crippen LogP contribution >= 0.6 is 0 Å². The van der Waals surface area contributed by atoms with Crippen molar-refractivity contribution < 1.29 is 0 Å². The molecule has 0 saturated heterocycles. The van der Waals surface area contributed by atoms with Gasteiger partial charge in [0, 0.05) is 0 Å². The second kappa shape index (κ2) is 4.48. The lowest BCUT2D eigenvalue weighted by molar-refractivity contribution is 0.128. The second-order valence-corrected chi connectivity index (χ2v) is 5.78. The molecule has 0 heteroatoms. The molecule has 78 valence electrons. The van der Waals surface area contributed by atoms with Crippen LogP contribution in [0.3, 0.4) is 0 Å². The molecule has 0 spiro atoms. The smallest absolute Gasteiger partial charge is 0.0391 e. The first-order valence-corrected chi connectivity index (χ1v) is 6.00. The molecule has 0 radical (unpaired) electrons. The van der Waals surface area contributed by atoms with Crippen molar-refractivity contribution in [1.82, 2.24) is 0 Å². The third-order valence-corrected chi connectivity index (χ3v) is 4.01. The zero-order valence-corrected chi connectivity index (χ0v) is 10.0. The molecule has 1 rings (SSSR count). The molecule has 0 nitrogen and oxygen atoms in total. The summed E-state index contributed by atoms with van der Waals surface area (Å²) in [6.07, 6.45) is 4.40. The van der Waals surface area contributed by atoms with E-state index in [1.165, 1.54) is 19.3 Å². The Morgan fingerprint density at radius 3 is 1.85 bits per heavy atom. The van der Waals surface area contributed by atoms with Crippen molar-refractivity contribution in [3.63, 3.8) is 0 Å². The van der Waals surface area contributed by atoms with Gasteiger partial charge in [-0.2, -0.15) is 0 Å². The monoisotopic (exact) mass is 182 g/mol. The molecule has 13 heavy (non-hydrogen) atoms. The van der Waals surface area contributed by atoms with Gasteiger partial charge in [-0.25, -0.2) is 0 Å². The van der Waals surface area contributed by atoms with Crippen LogP contribution in [0.4, 0.5) is 0 Å². The van der Waals surface area contributed by atoms with Gasteiger partial charge >= 0.3 is 0 Å². The van der Waals surface area contributed by atoms with Crippen LogP contribution in [0.5, 0.6) is 0 Å². The van der Waals surface area contributed by atoms with Crippen molar-refractivity contribution in [3.05, 3.63) is 0 Å². The van der Waals surface area contributed by atoms with Gasteiger partial charge in [-0.3, -0.25) is 0 Å². The molecule has 1 saturated carbocycles.